The van der Waals surface area contributed by atoms with E-state index in [9.17, 15) is 0 Å². The lowest BCUT2D eigenvalue weighted by molar-refractivity contribution is 0.355. The number of pyridine rings is 1. The first kappa shape index (κ1) is 15.3. The van der Waals surface area contributed by atoms with E-state index < -0.39 is 0 Å². The molecule has 0 saturated heterocycles. The number of methoxy groups -OCH3 is 2. The van der Waals surface area contributed by atoms with Crippen molar-refractivity contribution in [3.63, 3.8) is 0 Å². The summed E-state index contributed by atoms with van der Waals surface area (Å²) in [5.74, 6) is 1.40. The summed E-state index contributed by atoms with van der Waals surface area (Å²) in [4.78, 5) is 7.78. The molecule has 0 aliphatic rings. The van der Waals surface area contributed by atoms with Gasteiger partial charge in [0.2, 0.25) is 0 Å². The van der Waals surface area contributed by atoms with Gasteiger partial charge in [-0.25, -0.2) is 4.98 Å². The minimum Gasteiger partial charge on any atom is -0.493 e. The van der Waals surface area contributed by atoms with Crippen LogP contribution in [0.4, 0.5) is 0 Å². The zero-order valence-corrected chi connectivity index (χ0v) is 14.3. The van der Waals surface area contributed by atoms with Crippen LogP contribution in [0.2, 0.25) is 0 Å². The van der Waals surface area contributed by atoms with Gasteiger partial charge in [-0.2, -0.15) is 5.10 Å². The van der Waals surface area contributed by atoms with Gasteiger partial charge in [0.25, 0.3) is 0 Å². The second-order valence-corrected chi connectivity index (χ2v) is 5.78. The number of aryl methyl sites for hydroxylation is 1. The maximum atomic E-state index is 5.41. The molecule has 25 heavy (non-hydrogen) atoms. The fraction of sp³-hybridized carbons (Fsp3) is 0.158. The van der Waals surface area contributed by atoms with Gasteiger partial charge < -0.3 is 14.5 Å². The van der Waals surface area contributed by atoms with Gasteiger partial charge in [-0.1, -0.05) is 6.07 Å². The van der Waals surface area contributed by atoms with Crippen molar-refractivity contribution in [2.45, 2.75) is 6.92 Å². The van der Waals surface area contributed by atoms with Crippen LogP contribution in [0.15, 0.2) is 42.9 Å². The molecule has 0 aliphatic carbocycles. The van der Waals surface area contributed by atoms with Crippen LogP contribution in [0.3, 0.4) is 0 Å². The first-order chi connectivity index (χ1) is 12.2. The largest absolute Gasteiger partial charge is 0.493 e. The van der Waals surface area contributed by atoms with Crippen molar-refractivity contribution >= 4 is 11.0 Å². The molecular formula is C19H18N4O2. The van der Waals surface area contributed by atoms with Crippen molar-refractivity contribution in [1.29, 1.82) is 0 Å². The van der Waals surface area contributed by atoms with E-state index >= 15 is 0 Å². The number of H-pyrrole nitrogens is 2. The number of benzene rings is 1. The summed E-state index contributed by atoms with van der Waals surface area (Å²) < 4.78 is 10.7. The zero-order chi connectivity index (χ0) is 17.4. The number of fused-ring (bicyclic) bond motifs is 1. The summed E-state index contributed by atoms with van der Waals surface area (Å²) in [5.41, 5.74) is 5.98. The molecule has 3 aromatic heterocycles. The lowest BCUT2D eigenvalue weighted by Crippen LogP contribution is -1.91. The van der Waals surface area contributed by atoms with Crippen LogP contribution >= 0.6 is 0 Å². The Hall–Kier alpha value is -3.28. The van der Waals surface area contributed by atoms with Gasteiger partial charge in [0.05, 0.1) is 19.9 Å². The van der Waals surface area contributed by atoms with E-state index in [2.05, 4.69) is 26.2 Å². The Kier molecular flexibility index (Phi) is 3.65. The van der Waals surface area contributed by atoms with Crippen LogP contribution in [-0.2, 0) is 0 Å². The predicted molar refractivity (Wildman–Crippen MR) is 97.0 cm³/mol. The first-order valence-electron chi connectivity index (χ1n) is 7.91. The second kappa shape index (κ2) is 5.98. The van der Waals surface area contributed by atoms with Gasteiger partial charge in [0, 0.05) is 40.7 Å². The third-order valence-electron chi connectivity index (χ3n) is 4.37. The summed E-state index contributed by atoms with van der Waals surface area (Å²) in [5, 5.41) is 8.17. The van der Waals surface area contributed by atoms with Crippen LogP contribution in [0.25, 0.3) is 33.3 Å². The number of ether oxygens (including phenoxy) is 2. The molecule has 1 aromatic carbocycles. The molecule has 0 atom stereocenters. The predicted octanol–water partition coefficient (Wildman–Crippen LogP) is 3.95. The van der Waals surface area contributed by atoms with E-state index in [1.165, 1.54) is 0 Å². The molecule has 0 saturated carbocycles. The van der Waals surface area contributed by atoms with E-state index in [-0.39, 0.29) is 0 Å². The van der Waals surface area contributed by atoms with Crippen LogP contribution < -0.4 is 9.47 Å². The molecule has 0 radical (unpaired) electrons. The summed E-state index contributed by atoms with van der Waals surface area (Å²) in [6.45, 7) is 1.98. The molecule has 0 spiro atoms. The molecule has 6 heteroatoms. The summed E-state index contributed by atoms with van der Waals surface area (Å²) >= 11 is 0. The molecule has 4 rings (SSSR count). The number of nitrogens with zero attached hydrogens (tertiary/aromatic N) is 2. The third kappa shape index (κ3) is 2.52. The molecule has 3 heterocycles. The molecule has 0 fully saturated rings. The van der Waals surface area contributed by atoms with Gasteiger partial charge in [-0.05, 0) is 30.7 Å². The zero-order valence-electron chi connectivity index (χ0n) is 14.3. The number of rotatable bonds is 4. The molecule has 0 unspecified atom stereocenters. The minimum atomic E-state index is 0.695. The Bertz CT molecular complexity index is 1050. The highest BCUT2D eigenvalue weighted by atomic mass is 16.5. The first-order valence-corrected chi connectivity index (χ1v) is 7.91. The van der Waals surface area contributed by atoms with Crippen molar-refractivity contribution in [2.75, 3.05) is 14.2 Å². The number of nitrogens with one attached hydrogen (secondary N) is 2. The number of aromatic nitrogens is 4. The number of hydrogen-bond acceptors (Lipinski definition) is 4. The molecule has 4 aromatic rings. The SMILES string of the molecule is COc1ccc(-c2cnc3[nH]cc(-c4c[nH]nc4C)c3c2)cc1OC. The molecule has 2 N–H and O–H groups in total. The van der Waals surface area contributed by atoms with Crippen molar-refractivity contribution < 1.29 is 9.47 Å². The van der Waals surface area contributed by atoms with Gasteiger partial charge in [-0.15, -0.1) is 0 Å². The normalized spacial score (nSPS) is 11.0. The van der Waals surface area contributed by atoms with Crippen molar-refractivity contribution in [2.24, 2.45) is 0 Å². The molecule has 0 bridgehead atoms. The topological polar surface area (TPSA) is 75.8 Å². The fourth-order valence-electron chi connectivity index (χ4n) is 3.03. The van der Waals surface area contributed by atoms with E-state index in [1.807, 2.05) is 43.7 Å². The highest BCUT2D eigenvalue weighted by Gasteiger charge is 2.13. The summed E-state index contributed by atoms with van der Waals surface area (Å²) in [6.07, 6.45) is 5.72. The van der Waals surface area contributed by atoms with Crippen molar-refractivity contribution in [1.82, 2.24) is 20.2 Å². The Morgan fingerprint density at radius 2 is 1.76 bits per heavy atom. The van der Waals surface area contributed by atoms with Gasteiger partial charge in [0.1, 0.15) is 5.65 Å². The smallest absolute Gasteiger partial charge is 0.161 e. The van der Waals surface area contributed by atoms with Crippen LogP contribution in [-0.4, -0.2) is 34.4 Å². The lowest BCUT2D eigenvalue weighted by Gasteiger charge is -2.10. The van der Waals surface area contributed by atoms with Crippen LogP contribution in [0.1, 0.15) is 5.69 Å². The third-order valence-corrected chi connectivity index (χ3v) is 4.37. The highest BCUT2D eigenvalue weighted by molar-refractivity contribution is 5.96. The van der Waals surface area contributed by atoms with Gasteiger partial charge >= 0.3 is 0 Å². The minimum absolute atomic E-state index is 0.695. The maximum absolute atomic E-state index is 5.41. The van der Waals surface area contributed by atoms with E-state index in [4.69, 9.17) is 9.47 Å². The molecular weight excluding hydrogens is 316 g/mol. The highest BCUT2D eigenvalue weighted by Crippen LogP contribution is 2.35. The van der Waals surface area contributed by atoms with E-state index in [1.54, 1.807) is 14.2 Å². The Morgan fingerprint density at radius 3 is 2.48 bits per heavy atom. The maximum Gasteiger partial charge on any atom is 0.161 e. The molecule has 0 aliphatic heterocycles. The molecule has 6 nitrogen and oxygen atoms in total. The standard InChI is InChI=1S/C19H18N4O2/c1-11-15(10-22-23-11)16-9-21-19-14(16)6-13(8-20-19)12-4-5-17(24-2)18(7-12)25-3/h4-10H,1-3H3,(H,20,21)(H,22,23). The van der Waals surface area contributed by atoms with Crippen molar-refractivity contribution in [3.05, 3.63) is 48.5 Å². The molecule has 126 valence electrons. The Labute approximate surface area is 144 Å². The second-order valence-electron chi connectivity index (χ2n) is 5.78. The van der Waals surface area contributed by atoms with Gasteiger partial charge in [0.15, 0.2) is 11.5 Å². The van der Waals surface area contributed by atoms with Crippen molar-refractivity contribution in [3.8, 4) is 33.8 Å². The van der Waals surface area contributed by atoms with E-state index in [0.717, 1.165) is 39.0 Å². The quantitative estimate of drug-likeness (QED) is 0.592. The average molecular weight is 334 g/mol. The molecule has 0 amide bonds. The fourth-order valence-corrected chi connectivity index (χ4v) is 3.03. The Morgan fingerprint density at radius 1 is 0.920 bits per heavy atom. The number of hydrogen-bond donors (Lipinski definition) is 2. The Balaban J connectivity index is 1.85. The average Bonchev–Trinajstić information content (AvgIpc) is 3.26. The monoisotopic (exact) mass is 334 g/mol. The van der Waals surface area contributed by atoms with E-state index in [0.29, 0.717) is 11.5 Å². The van der Waals surface area contributed by atoms with Gasteiger partial charge in [-0.3, -0.25) is 5.10 Å². The lowest BCUT2D eigenvalue weighted by atomic mass is 10.0. The number of aromatic amines is 2. The summed E-state index contributed by atoms with van der Waals surface area (Å²) in [6, 6.07) is 7.98. The van der Waals surface area contributed by atoms with Crippen LogP contribution in [0.5, 0.6) is 11.5 Å². The summed E-state index contributed by atoms with van der Waals surface area (Å²) in [7, 11) is 3.26. The van der Waals surface area contributed by atoms with Crippen LogP contribution in [0, 0.1) is 6.92 Å².